The molecule has 0 saturated heterocycles. The Hall–Kier alpha value is -2.24. The van der Waals surface area contributed by atoms with Crippen LogP contribution in [0.4, 0.5) is 24.7 Å². The minimum Gasteiger partial charge on any atom is -0.382 e. The molecule has 0 fully saturated rings. The van der Waals surface area contributed by atoms with Crippen LogP contribution < -0.4 is 10.6 Å². The highest BCUT2D eigenvalue weighted by Gasteiger charge is 2.32. The Morgan fingerprint density at radius 3 is 2.43 bits per heavy atom. The molecule has 2 rings (SSSR count). The van der Waals surface area contributed by atoms with Crippen LogP contribution in [0.3, 0.4) is 0 Å². The zero-order chi connectivity index (χ0) is 15.5. The molecule has 112 valence electrons. The molecule has 1 aromatic carbocycles. The Morgan fingerprint density at radius 1 is 1.19 bits per heavy atom. The number of rotatable bonds is 4. The molecule has 1 aromatic heterocycles. The molecule has 0 saturated carbocycles. The second-order valence-corrected chi connectivity index (χ2v) is 4.63. The number of benzene rings is 1. The zero-order valence-electron chi connectivity index (χ0n) is 11.6. The lowest BCUT2D eigenvalue weighted by molar-refractivity contribution is -0.137. The molecule has 21 heavy (non-hydrogen) atoms. The first-order valence-electron chi connectivity index (χ1n) is 6.53. The third kappa shape index (κ3) is 3.65. The first-order valence-corrected chi connectivity index (χ1v) is 6.53. The first-order chi connectivity index (χ1) is 9.91. The lowest BCUT2D eigenvalue weighted by Crippen LogP contribution is -2.24. The SMILES string of the molecule is CCN(Cc1ccccc1)c1cc(C(F)(F)F)cnc1N. The minimum atomic E-state index is -4.43. The highest BCUT2D eigenvalue weighted by atomic mass is 19.4. The predicted octanol–water partition coefficient (Wildman–Crippen LogP) is 3.71. The number of halogens is 3. The van der Waals surface area contributed by atoms with Crippen molar-refractivity contribution < 1.29 is 13.2 Å². The van der Waals surface area contributed by atoms with Crippen molar-refractivity contribution in [3.63, 3.8) is 0 Å². The maximum absolute atomic E-state index is 12.8. The second kappa shape index (κ2) is 6.03. The van der Waals surface area contributed by atoms with Crippen LogP contribution in [0.15, 0.2) is 42.6 Å². The van der Waals surface area contributed by atoms with E-state index in [1.165, 1.54) is 0 Å². The van der Waals surface area contributed by atoms with E-state index in [0.717, 1.165) is 17.8 Å². The molecule has 0 atom stereocenters. The molecular formula is C15H16F3N3. The maximum atomic E-state index is 12.8. The highest BCUT2D eigenvalue weighted by molar-refractivity contribution is 5.64. The molecule has 2 aromatic rings. The Bertz CT molecular complexity index is 597. The number of hydrogen-bond donors (Lipinski definition) is 1. The van der Waals surface area contributed by atoms with Crippen molar-refractivity contribution >= 4 is 11.5 Å². The predicted molar refractivity (Wildman–Crippen MR) is 76.8 cm³/mol. The average molecular weight is 295 g/mol. The lowest BCUT2D eigenvalue weighted by atomic mass is 10.2. The van der Waals surface area contributed by atoms with Gasteiger partial charge < -0.3 is 10.6 Å². The Morgan fingerprint density at radius 2 is 1.86 bits per heavy atom. The summed E-state index contributed by atoms with van der Waals surface area (Å²) in [7, 11) is 0. The minimum absolute atomic E-state index is 0.0979. The van der Waals surface area contributed by atoms with Crippen molar-refractivity contribution in [3.8, 4) is 0 Å². The fourth-order valence-electron chi connectivity index (χ4n) is 2.04. The molecule has 2 N–H and O–H groups in total. The van der Waals surface area contributed by atoms with Crippen LogP contribution in [0, 0.1) is 0 Å². The quantitative estimate of drug-likeness (QED) is 0.935. The number of nitrogens with zero attached hydrogens (tertiary/aromatic N) is 2. The van der Waals surface area contributed by atoms with Gasteiger partial charge in [0.25, 0.3) is 0 Å². The summed E-state index contributed by atoms with van der Waals surface area (Å²) in [5, 5.41) is 0. The third-order valence-electron chi connectivity index (χ3n) is 3.16. The van der Waals surface area contributed by atoms with Crippen LogP contribution in [-0.2, 0) is 12.7 Å². The summed E-state index contributed by atoms with van der Waals surface area (Å²) in [5.41, 5.74) is 6.25. The topological polar surface area (TPSA) is 42.2 Å². The maximum Gasteiger partial charge on any atom is 0.417 e. The molecule has 0 radical (unpaired) electrons. The fourth-order valence-corrected chi connectivity index (χ4v) is 2.04. The van der Waals surface area contributed by atoms with Gasteiger partial charge >= 0.3 is 6.18 Å². The second-order valence-electron chi connectivity index (χ2n) is 4.63. The van der Waals surface area contributed by atoms with E-state index in [1.54, 1.807) is 4.90 Å². The number of aromatic nitrogens is 1. The van der Waals surface area contributed by atoms with E-state index >= 15 is 0 Å². The van der Waals surface area contributed by atoms with Crippen LogP contribution in [0.5, 0.6) is 0 Å². The molecule has 0 spiro atoms. The smallest absolute Gasteiger partial charge is 0.382 e. The Kier molecular flexibility index (Phi) is 4.35. The van der Waals surface area contributed by atoms with Gasteiger partial charge in [-0.3, -0.25) is 0 Å². The van der Waals surface area contributed by atoms with Gasteiger partial charge in [0.1, 0.15) is 5.82 Å². The summed E-state index contributed by atoms with van der Waals surface area (Å²) in [6.45, 7) is 2.87. The van der Waals surface area contributed by atoms with Gasteiger partial charge in [0, 0.05) is 19.3 Å². The first kappa shape index (κ1) is 15.2. The molecule has 0 amide bonds. The number of anilines is 2. The van der Waals surface area contributed by atoms with Gasteiger partial charge in [-0.25, -0.2) is 4.98 Å². The Balaban J connectivity index is 2.33. The molecule has 3 nitrogen and oxygen atoms in total. The number of nitrogen functional groups attached to an aromatic ring is 1. The summed E-state index contributed by atoms with van der Waals surface area (Å²) in [6, 6.07) is 10.5. The van der Waals surface area contributed by atoms with E-state index in [9.17, 15) is 13.2 Å². The molecular weight excluding hydrogens is 279 g/mol. The summed E-state index contributed by atoms with van der Waals surface area (Å²) in [5.74, 6) is 0.0979. The van der Waals surface area contributed by atoms with Crippen molar-refractivity contribution in [2.24, 2.45) is 0 Å². The standard InChI is InChI=1S/C15H16F3N3/c1-2-21(10-11-6-4-3-5-7-11)13-8-12(15(16,17)18)9-20-14(13)19/h3-9H,2,10H2,1H3,(H2,19,20). The van der Waals surface area contributed by atoms with E-state index in [4.69, 9.17) is 5.73 Å². The fraction of sp³-hybridized carbons (Fsp3) is 0.267. The van der Waals surface area contributed by atoms with Gasteiger partial charge in [-0.15, -0.1) is 0 Å². The van der Waals surface area contributed by atoms with Crippen molar-refractivity contribution in [1.82, 2.24) is 4.98 Å². The van der Waals surface area contributed by atoms with Gasteiger partial charge in [0.15, 0.2) is 0 Å². The highest BCUT2D eigenvalue weighted by Crippen LogP contribution is 2.33. The number of alkyl halides is 3. The summed E-state index contributed by atoms with van der Waals surface area (Å²) in [6.07, 6.45) is -3.67. The summed E-state index contributed by atoms with van der Waals surface area (Å²) in [4.78, 5) is 5.44. The van der Waals surface area contributed by atoms with E-state index in [-0.39, 0.29) is 5.82 Å². The number of pyridine rings is 1. The van der Waals surface area contributed by atoms with Gasteiger partial charge in [0.05, 0.1) is 11.3 Å². The third-order valence-corrected chi connectivity index (χ3v) is 3.16. The van der Waals surface area contributed by atoms with Crippen molar-refractivity contribution in [2.75, 3.05) is 17.2 Å². The number of nitrogens with two attached hydrogens (primary N) is 1. The normalized spacial score (nSPS) is 11.4. The average Bonchev–Trinajstić information content (AvgIpc) is 2.45. The van der Waals surface area contributed by atoms with E-state index in [0.29, 0.717) is 18.8 Å². The van der Waals surface area contributed by atoms with Gasteiger partial charge in [0.2, 0.25) is 0 Å². The largest absolute Gasteiger partial charge is 0.417 e. The number of hydrogen-bond acceptors (Lipinski definition) is 3. The molecule has 0 aliphatic heterocycles. The monoisotopic (exact) mass is 295 g/mol. The van der Waals surface area contributed by atoms with Gasteiger partial charge in [-0.1, -0.05) is 30.3 Å². The van der Waals surface area contributed by atoms with Crippen molar-refractivity contribution in [1.29, 1.82) is 0 Å². The summed E-state index contributed by atoms with van der Waals surface area (Å²) < 4.78 is 38.4. The van der Waals surface area contributed by atoms with Crippen LogP contribution in [0.2, 0.25) is 0 Å². The van der Waals surface area contributed by atoms with Crippen LogP contribution in [-0.4, -0.2) is 11.5 Å². The Labute approximate surface area is 121 Å². The van der Waals surface area contributed by atoms with E-state index < -0.39 is 11.7 Å². The van der Waals surface area contributed by atoms with Crippen molar-refractivity contribution in [2.45, 2.75) is 19.6 Å². The zero-order valence-corrected chi connectivity index (χ0v) is 11.6. The summed E-state index contributed by atoms with van der Waals surface area (Å²) >= 11 is 0. The van der Waals surface area contributed by atoms with Crippen LogP contribution in [0.1, 0.15) is 18.1 Å². The molecule has 0 bridgehead atoms. The van der Waals surface area contributed by atoms with Crippen molar-refractivity contribution in [3.05, 3.63) is 53.7 Å². The molecule has 0 unspecified atom stereocenters. The molecule has 0 aliphatic rings. The van der Waals surface area contributed by atoms with Gasteiger partial charge in [-0.2, -0.15) is 13.2 Å². The molecule has 6 heteroatoms. The van der Waals surface area contributed by atoms with Crippen LogP contribution in [0.25, 0.3) is 0 Å². The molecule has 1 heterocycles. The lowest BCUT2D eigenvalue weighted by Gasteiger charge is -2.25. The molecule has 0 aliphatic carbocycles. The van der Waals surface area contributed by atoms with Gasteiger partial charge in [-0.05, 0) is 18.6 Å². The van der Waals surface area contributed by atoms with E-state index in [1.807, 2.05) is 37.3 Å². The van der Waals surface area contributed by atoms with Crippen LogP contribution >= 0.6 is 0 Å². The van der Waals surface area contributed by atoms with E-state index in [2.05, 4.69) is 4.98 Å².